The molecule has 0 unspecified atom stereocenters. The summed E-state index contributed by atoms with van der Waals surface area (Å²) in [5, 5.41) is 2.48. The molecule has 8 nitrogen and oxygen atoms in total. The molecule has 20 heavy (non-hydrogen) atoms. The van der Waals surface area contributed by atoms with Gasteiger partial charge in [0.05, 0.1) is 26.0 Å². The maximum Gasteiger partial charge on any atom is 0.357 e. The molecule has 0 aliphatic rings. The summed E-state index contributed by atoms with van der Waals surface area (Å²) in [6, 6.07) is 0. The van der Waals surface area contributed by atoms with Crippen LogP contribution in [0.4, 0.5) is 0 Å². The van der Waals surface area contributed by atoms with Gasteiger partial charge in [-0.2, -0.15) is 0 Å². The number of esters is 2. The molecule has 8 heteroatoms. The van der Waals surface area contributed by atoms with Gasteiger partial charge in [0, 0.05) is 6.54 Å². The number of nitrogens with zero attached hydrogens (tertiary/aromatic N) is 1. The Morgan fingerprint density at radius 3 is 2.60 bits per heavy atom. The van der Waals surface area contributed by atoms with Crippen LogP contribution < -0.4 is 5.32 Å². The van der Waals surface area contributed by atoms with E-state index < -0.39 is 17.8 Å². The first-order valence-corrected chi connectivity index (χ1v) is 6.24. The van der Waals surface area contributed by atoms with Crippen molar-refractivity contribution in [3.63, 3.8) is 0 Å². The van der Waals surface area contributed by atoms with Crippen LogP contribution in [-0.2, 0) is 14.3 Å². The number of H-pyrrole nitrogens is 1. The maximum atomic E-state index is 11.8. The van der Waals surface area contributed by atoms with Crippen LogP contribution in [0.5, 0.6) is 0 Å². The fraction of sp³-hybridized carbons (Fsp3) is 0.500. The molecule has 110 valence electrons. The van der Waals surface area contributed by atoms with Crippen LogP contribution >= 0.6 is 0 Å². The second-order valence-electron chi connectivity index (χ2n) is 3.66. The van der Waals surface area contributed by atoms with Gasteiger partial charge in [-0.25, -0.2) is 9.78 Å². The fourth-order valence-corrected chi connectivity index (χ4v) is 1.42. The van der Waals surface area contributed by atoms with Gasteiger partial charge in [0.15, 0.2) is 11.4 Å². The lowest BCUT2D eigenvalue weighted by Gasteiger charge is -2.05. The molecular weight excluding hydrogens is 266 g/mol. The molecule has 0 saturated heterocycles. The third-order valence-electron chi connectivity index (χ3n) is 2.25. The van der Waals surface area contributed by atoms with E-state index in [-0.39, 0.29) is 31.0 Å². The first-order valence-electron chi connectivity index (χ1n) is 6.24. The molecule has 1 aromatic rings. The standard InChI is InChI=1S/C12H17N3O5/c1-3-19-8(16)5-6-13-11(17)9-10(15-7-14-9)12(18)20-4-2/h7H,3-6H2,1-2H3,(H,13,17)(H,14,15). The van der Waals surface area contributed by atoms with Crippen LogP contribution in [0.3, 0.4) is 0 Å². The third-order valence-corrected chi connectivity index (χ3v) is 2.25. The van der Waals surface area contributed by atoms with Crippen molar-refractivity contribution in [2.75, 3.05) is 19.8 Å². The molecule has 2 N–H and O–H groups in total. The lowest BCUT2D eigenvalue weighted by Crippen LogP contribution is -2.28. The molecule has 0 radical (unpaired) electrons. The van der Waals surface area contributed by atoms with Gasteiger partial charge < -0.3 is 19.8 Å². The number of hydrogen-bond acceptors (Lipinski definition) is 6. The van der Waals surface area contributed by atoms with Crippen molar-refractivity contribution in [3.8, 4) is 0 Å². The summed E-state index contributed by atoms with van der Waals surface area (Å²) >= 11 is 0. The molecule has 0 fully saturated rings. The number of carbonyl (C=O) groups excluding carboxylic acids is 3. The summed E-state index contributed by atoms with van der Waals surface area (Å²) < 4.78 is 9.51. The zero-order chi connectivity index (χ0) is 15.0. The molecule has 1 rings (SSSR count). The van der Waals surface area contributed by atoms with E-state index in [0.29, 0.717) is 6.61 Å². The van der Waals surface area contributed by atoms with Crippen LogP contribution in [0.2, 0.25) is 0 Å². The van der Waals surface area contributed by atoms with E-state index in [1.54, 1.807) is 13.8 Å². The number of carbonyl (C=O) groups is 3. The molecule has 1 heterocycles. The van der Waals surface area contributed by atoms with Crippen LogP contribution in [0, 0.1) is 0 Å². The van der Waals surface area contributed by atoms with Gasteiger partial charge in [-0.3, -0.25) is 9.59 Å². The number of nitrogens with one attached hydrogen (secondary N) is 2. The molecule has 0 spiro atoms. The average molecular weight is 283 g/mol. The molecule has 0 aromatic carbocycles. The van der Waals surface area contributed by atoms with E-state index in [9.17, 15) is 14.4 Å². The minimum absolute atomic E-state index is 0.0134. The third kappa shape index (κ3) is 4.38. The average Bonchev–Trinajstić information content (AvgIpc) is 2.88. The summed E-state index contributed by atoms with van der Waals surface area (Å²) in [6.07, 6.45) is 1.28. The summed E-state index contributed by atoms with van der Waals surface area (Å²) in [7, 11) is 0. The normalized spacial score (nSPS) is 9.90. The van der Waals surface area contributed by atoms with Crippen molar-refractivity contribution in [1.29, 1.82) is 0 Å². The maximum absolute atomic E-state index is 11.8. The fourth-order valence-electron chi connectivity index (χ4n) is 1.42. The smallest absolute Gasteiger partial charge is 0.357 e. The second-order valence-corrected chi connectivity index (χ2v) is 3.66. The van der Waals surface area contributed by atoms with Gasteiger partial charge in [0.2, 0.25) is 0 Å². The number of rotatable bonds is 7. The lowest BCUT2D eigenvalue weighted by atomic mass is 10.3. The highest BCUT2D eigenvalue weighted by molar-refractivity contribution is 6.02. The molecule has 0 aliphatic carbocycles. The second kappa shape index (κ2) is 7.93. The van der Waals surface area contributed by atoms with E-state index in [0.717, 1.165) is 0 Å². The number of aromatic amines is 1. The largest absolute Gasteiger partial charge is 0.466 e. The lowest BCUT2D eigenvalue weighted by molar-refractivity contribution is -0.142. The summed E-state index contributed by atoms with van der Waals surface area (Å²) in [5.74, 6) is -1.61. The number of imidazole rings is 1. The molecule has 1 aromatic heterocycles. The Morgan fingerprint density at radius 2 is 1.95 bits per heavy atom. The number of hydrogen-bond donors (Lipinski definition) is 2. The Balaban J connectivity index is 2.54. The minimum atomic E-state index is -0.652. The van der Waals surface area contributed by atoms with Crippen LogP contribution in [-0.4, -0.2) is 47.6 Å². The van der Waals surface area contributed by atoms with Gasteiger partial charge >= 0.3 is 11.9 Å². The Hall–Kier alpha value is -2.38. The quantitative estimate of drug-likeness (QED) is 0.695. The predicted molar refractivity (Wildman–Crippen MR) is 68.1 cm³/mol. The first-order chi connectivity index (χ1) is 9.60. The molecule has 0 saturated carbocycles. The van der Waals surface area contributed by atoms with E-state index in [1.165, 1.54) is 6.33 Å². The molecular formula is C12H17N3O5. The highest BCUT2D eigenvalue weighted by Gasteiger charge is 2.21. The van der Waals surface area contributed by atoms with E-state index in [1.807, 2.05) is 0 Å². The Bertz CT molecular complexity index is 483. The molecule has 0 atom stereocenters. The van der Waals surface area contributed by atoms with Crippen molar-refractivity contribution in [2.24, 2.45) is 0 Å². The number of ether oxygens (including phenoxy) is 2. The highest BCUT2D eigenvalue weighted by atomic mass is 16.5. The van der Waals surface area contributed by atoms with Crippen molar-refractivity contribution in [1.82, 2.24) is 15.3 Å². The van der Waals surface area contributed by atoms with Crippen LogP contribution in [0.1, 0.15) is 41.2 Å². The van der Waals surface area contributed by atoms with Crippen LogP contribution in [0.15, 0.2) is 6.33 Å². The van der Waals surface area contributed by atoms with Gasteiger partial charge in [-0.05, 0) is 13.8 Å². The monoisotopic (exact) mass is 283 g/mol. The summed E-state index contributed by atoms with van der Waals surface area (Å²) in [4.78, 5) is 40.8. The van der Waals surface area contributed by atoms with Crippen molar-refractivity contribution < 1.29 is 23.9 Å². The highest BCUT2D eigenvalue weighted by Crippen LogP contribution is 2.04. The van der Waals surface area contributed by atoms with Gasteiger partial charge in [-0.1, -0.05) is 0 Å². The first kappa shape index (κ1) is 15.7. The van der Waals surface area contributed by atoms with Crippen molar-refractivity contribution >= 4 is 17.8 Å². The summed E-state index contributed by atoms with van der Waals surface area (Å²) in [5.41, 5.74) is -0.0761. The molecule has 0 bridgehead atoms. The number of aromatic nitrogens is 2. The minimum Gasteiger partial charge on any atom is -0.466 e. The molecule has 0 aliphatic heterocycles. The Kier molecular flexibility index (Phi) is 6.21. The van der Waals surface area contributed by atoms with Gasteiger partial charge in [0.1, 0.15) is 0 Å². The van der Waals surface area contributed by atoms with Crippen LogP contribution in [0.25, 0.3) is 0 Å². The zero-order valence-electron chi connectivity index (χ0n) is 11.4. The van der Waals surface area contributed by atoms with E-state index >= 15 is 0 Å². The van der Waals surface area contributed by atoms with Crippen molar-refractivity contribution in [3.05, 3.63) is 17.7 Å². The summed E-state index contributed by atoms with van der Waals surface area (Å²) in [6.45, 7) is 3.95. The SMILES string of the molecule is CCOC(=O)CCNC(=O)c1nc[nH]c1C(=O)OCC. The topological polar surface area (TPSA) is 110 Å². The Labute approximate surface area is 115 Å². The Morgan fingerprint density at radius 1 is 1.25 bits per heavy atom. The van der Waals surface area contributed by atoms with E-state index in [4.69, 9.17) is 9.47 Å². The van der Waals surface area contributed by atoms with Gasteiger partial charge in [-0.15, -0.1) is 0 Å². The molecule has 1 amide bonds. The van der Waals surface area contributed by atoms with Crippen molar-refractivity contribution in [2.45, 2.75) is 20.3 Å². The zero-order valence-corrected chi connectivity index (χ0v) is 11.4. The van der Waals surface area contributed by atoms with Gasteiger partial charge in [0.25, 0.3) is 5.91 Å². The number of amides is 1. The predicted octanol–water partition coefficient (Wildman–Crippen LogP) is 0.269. The van der Waals surface area contributed by atoms with E-state index in [2.05, 4.69) is 15.3 Å².